The van der Waals surface area contributed by atoms with Crippen molar-refractivity contribution in [2.75, 3.05) is 11.9 Å². The van der Waals surface area contributed by atoms with Crippen molar-refractivity contribution in [1.82, 2.24) is 5.32 Å². The van der Waals surface area contributed by atoms with Crippen LogP contribution in [0.2, 0.25) is 0 Å². The predicted octanol–water partition coefficient (Wildman–Crippen LogP) is 1.92. The Kier molecular flexibility index (Phi) is 4.31. The summed E-state index contributed by atoms with van der Waals surface area (Å²) >= 11 is 0. The van der Waals surface area contributed by atoms with Crippen molar-refractivity contribution in [2.45, 2.75) is 26.8 Å². The Labute approximate surface area is 106 Å². The average molecular weight is 250 g/mol. The summed E-state index contributed by atoms with van der Waals surface area (Å²) in [5, 5.41) is 11.1. The minimum Gasteiger partial charge on any atom is -0.480 e. The van der Waals surface area contributed by atoms with Crippen LogP contribution in [0, 0.1) is 13.8 Å². The monoisotopic (exact) mass is 250 g/mol. The predicted molar refractivity (Wildman–Crippen MR) is 69.9 cm³/mol. The summed E-state index contributed by atoms with van der Waals surface area (Å²) in [6.07, 6.45) is 0. The molecule has 0 bridgehead atoms. The lowest BCUT2D eigenvalue weighted by molar-refractivity contribution is -0.138. The van der Waals surface area contributed by atoms with Crippen molar-refractivity contribution in [3.05, 3.63) is 29.3 Å². The van der Waals surface area contributed by atoms with Gasteiger partial charge in [0.15, 0.2) is 0 Å². The number of carbonyl (C=O) groups is 2. The van der Waals surface area contributed by atoms with Gasteiger partial charge in [-0.25, -0.2) is 4.79 Å². The highest BCUT2D eigenvalue weighted by Crippen LogP contribution is 2.17. The van der Waals surface area contributed by atoms with E-state index in [0.29, 0.717) is 0 Å². The van der Waals surface area contributed by atoms with Crippen LogP contribution in [0.15, 0.2) is 18.2 Å². The number of aryl methyl sites for hydroxylation is 2. The zero-order valence-corrected chi connectivity index (χ0v) is 11.0. The SMILES string of the molecule is Cc1cc(C)cc(N(C)C(=O)N[C@@H](C)C(=O)O)c1. The molecular formula is C13H18N2O3. The number of nitrogens with zero attached hydrogens (tertiary/aromatic N) is 1. The van der Waals surface area contributed by atoms with Gasteiger partial charge in [0.05, 0.1) is 0 Å². The van der Waals surface area contributed by atoms with Crippen LogP contribution in [-0.2, 0) is 4.79 Å². The van der Waals surface area contributed by atoms with Gasteiger partial charge in [-0.15, -0.1) is 0 Å². The van der Waals surface area contributed by atoms with Crippen molar-refractivity contribution in [1.29, 1.82) is 0 Å². The molecule has 2 amide bonds. The number of nitrogens with one attached hydrogen (secondary N) is 1. The Bertz CT molecular complexity index is 451. The lowest BCUT2D eigenvalue weighted by atomic mass is 10.1. The Morgan fingerprint density at radius 1 is 1.22 bits per heavy atom. The van der Waals surface area contributed by atoms with Crippen molar-refractivity contribution in [2.24, 2.45) is 0 Å². The number of anilines is 1. The summed E-state index contributed by atoms with van der Waals surface area (Å²) in [7, 11) is 1.61. The van der Waals surface area contributed by atoms with Crippen molar-refractivity contribution >= 4 is 17.7 Å². The van der Waals surface area contributed by atoms with Crippen LogP contribution in [0.25, 0.3) is 0 Å². The fourth-order valence-electron chi connectivity index (χ4n) is 1.61. The summed E-state index contributed by atoms with van der Waals surface area (Å²) in [4.78, 5) is 23.9. The van der Waals surface area contributed by atoms with E-state index in [1.165, 1.54) is 11.8 Å². The highest BCUT2D eigenvalue weighted by atomic mass is 16.4. The second kappa shape index (κ2) is 5.53. The van der Waals surface area contributed by atoms with E-state index in [-0.39, 0.29) is 0 Å². The van der Waals surface area contributed by atoms with Crippen LogP contribution in [0.1, 0.15) is 18.1 Å². The van der Waals surface area contributed by atoms with Gasteiger partial charge < -0.3 is 10.4 Å². The van der Waals surface area contributed by atoms with E-state index in [4.69, 9.17) is 5.11 Å². The van der Waals surface area contributed by atoms with Crippen LogP contribution in [-0.4, -0.2) is 30.2 Å². The average Bonchev–Trinajstić information content (AvgIpc) is 2.26. The van der Waals surface area contributed by atoms with E-state index in [0.717, 1.165) is 16.8 Å². The maximum absolute atomic E-state index is 11.8. The molecule has 1 atom stereocenters. The Balaban J connectivity index is 2.83. The second-order valence-electron chi connectivity index (χ2n) is 4.41. The van der Waals surface area contributed by atoms with Gasteiger partial charge in [-0.1, -0.05) is 6.07 Å². The number of rotatable bonds is 3. The third-order valence-corrected chi connectivity index (χ3v) is 2.61. The number of urea groups is 1. The number of benzene rings is 1. The minimum atomic E-state index is -1.06. The first-order valence-corrected chi connectivity index (χ1v) is 5.66. The highest BCUT2D eigenvalue weighted by molar-refractivity contribution is 5.94. The Morgan fingerprint density at radius 3 is 2.17 bits per heavy atom. The van der Waals surface area contributed by atoms with Gasteiger partial charge in [-0.05, 0) is 44.0 Å². The molecule has 1 aromatic carbocycles. The smallest absolute Gasteiger partial charge is 0.325 e. The van der Waals surface area contributed by atoms with Crippen LogP contribution in [0.3, 0.4) is 0 Å². The van der Waals surface area contributed by atoms with Gasteiger partial charge in [0.25, 0.3) is 0 Å². The zero-order valence-electron chi connectivity index (χ0n) is 11.0. The fourth-order valence-corrected chi connectivity index (χ4v) is 1.61. The first-order valence-electron chi connectivity index (χ1n) is 5.66. The van der Waals surface area contributed by atoms with Crippen LogP contribution < -0.4 is 10.2 Å². The number of amides is 2. The summed E-state index contributed by atoms with van der Waals surface area (Å²) in [5.74, 6) is -1.06. The highest BCUT2D eigenvalue weighted by Gasteiger charge is 2.17. The van der Waals surface area contributed by atoms with Crippen LogP contribution >= 0.6 is 0 Å². The second-order valence-corrected chi connectivity index (χ2v) is 4.41. The quantitative estimate of drug-likeness (QED) is 0.861. The van der Waals surface area contributed by atoms with Gasteiger partial charge >= 0.3 is 12.0 Å². The largest absolute Gasteiger partial charge is 0.480 e. The van der Waals surface area contributed by atoms with Crippen molar-refractivity contribution in [3.63, 3.8) is 0 Å². The molecule has 0 aliphatic heterocycles. The zero-order chi connectivity index (χ0) is 13.9. The molecule has 1 rings (SSSR count). The number of hydrogen-bond acceptors (Lipinski definition) is 2. The van der Waals surface area contributed by atoms with E-state index in [2.05, 4.69) is 5.32 Å². The van der Waals surface area contributed by atoms with Crippen LogP contribution in [0.4, 0.5) is 10.5 Å². The molecule has 5 nitrogen and oxygen atoms in total. The van der Waals surface area contributed by atoms with Gasteiger partial charge in [-0.2, -0.15) is 0 Å². The molecule has 0 aliphatic carbocycles. The summed E-state index contributed by atoms with van der Waals surface area (Å²) in [6, 6.07) is 4.41. The van der Waals surface area contributed by atoms with E-state index < -0.39 is 18.0 Å². The molecule has 0 saturated carbocycles. The van der Waals surface area contributed by atoms with E-state index in [1.54, 1.807) is 7.05 Å². The molecule has 2 N–H and O–H groups in total. The fraction of sp³-hybridized carbons (Fsp3) is 0.385. The molecule has 5 heteroatoms. The lowest BCUT2D eigenvalue weighted by Crippen LogP contribution is -2.45. The van der Waals surface area contributed by atoms with Crippen molar-refractivity contribution < 1.29 is 14.7 Å². The maximum Gasteiger partial charge on any atom is 0.325 e. The maximum atomic E-state index is 11.8. The normalized spacial score (nSPS) is 11.8. The van der Waals surface area contributed by atoms with Gasteiger partial charge in [0.2, 0.25) is 0 Å². The van der Waals surface area contributed by atoms with Crippen LogP contribution in [0.5, 0.6) is 0 Å². The third kappa shape index (κ3) is 3.48. The molecule has 18 heavy (non-hydrogen) atoms. The number of hydrogen-bond donors (Lipinski definition) is 2. The van der Waals surface area contributed by atoms with E-state index >= 15 is 0 Å². The molecule has 0 aromatic heterocycles. The van der Waals surface area contributed by atoms with E-state index in [9.17, 15) is 9.59 Å². The van der Waals surface area contributed by atoms with Gasteiger partial charge in [0, 0.05) is 12.7 Å². The van der Waals surface area contributed by atoms with E-state index in [1.807, 2.05) is 32.0 Å². The molecule has 0 heterocycles. The lowest BCUT2D eigenvalue weighted by Gasteiger charge is -2.20. The molecule has 0 spiro atoms. The van der Waals surface area contributed by atoms with Gasteiger partial charge in [-0.3, -0.25) is 9.69 Å². The molecule has 98 valence electrons. The summed E-state index contributed by atoms with van der Waals surface area (Å²) < 4.78 is 0. The molecular weight excluding hydrogens is 232 g/mol. The minimum absolute atomic E-state index is 0.435. The molecule has 1 aromatic rings. The molecule has 0 radical (unpaired) electrons. The molecule has 0 fully saturated rings. The Morgan fingerprint density at radius 2 is 1.72 bits per heavy atom. The number of aliphatic carboxylic acids is 1. The first kappa shape index (κ1) is 14.0. The molecule has 0 unspecified atom stereocenters. The third-order valence-electron chi connectivity index (χ3n) is 2.61. The van der Waals surface area contributed by atoms with Gasteiger partial charge in [0.1, 0.15) is 6.04 Å². The first-order chi connectivity index (χ1) is 8.31. The summed E-state index contributed by atoms with van der Waals surface area (Å²) in [5.41, 5.74) is 2.84. The Hall–Kier alpha value is -2.04. The number of carboxylic acid groups (broad SMARTS) is 1. The number of carbonyl (C=O) groups excluding carboxylic acids is 1. The topological polar surface area (TPSA) is 69.6 Å². The molecule has 0 aliphatic rings. The number of carboxylic acids is 1. The summed E-state index contributed by atoms with van der Waals surface area (Å²) in [6.45, 7) is 5.32. The molecule has 0 saturated heterocycles. The standard InChI is InChI=1S/C13H18N2O3/c1-8-5-9(2)7-11(6-8)15(4)13(18)14-10(3)12(16)17/h5-7,10H,1-4H3,(H,14,18)(H,16,17)/t10-/m0/s1. The van der Waals surface area contributed by atoms with Crippen molar-refractivity contribution in [3.8, 4) is 0 Å².